The lowest BCUT2D eigenvalue weighted by Gasteiger charge is -2.19. The summed E-state index contributed by atoms with van der Waals surface area (Å²) in [6.07, 6.45) is 0. The summed E-state index contributed by atoms with van der Waals surface area (Å²) < 4.78 is 26.6. The van der Waals surface area contributed by atoms with Crippen LogP contribution in [0.2, 0.25) is 10.0 Å². The van der Waals surface area contributed by atoms with E-state index in [9.17, 15) is 13.2 Å². The lowest BCUT2D eigenvalue weighted by Crippen LogP contribution is -2.40. The average molecular weight is 354 g/mol. The molecular weight excluding hydrogens is 337 g/mol. The molecule has 0 bridgehead atoms. The van der Waals surface area contributed by atoms with Crippen LogP contribution in [-0.4, -0.2) is 38.9 Å². The van der Waals surface area contributed by atoms with Gasteiger partial charge in [0.2, 0.25) is 15.9 Å². The number of carbonyl (C=O) groups excluding carboxylic acids is 1. The van der Waals surface area contributed by atoms with Gasteiger partial charge in [0.1, 0.15) is 4.90 Å². The summed E-state index contributed by atoms with van der Waals surface area (Å²) in [5, 5.41) is -0.189. The monoisotopic (exact) mass is 353 g/mol. The Balaban J connectivity index is 2.96. The maximum atomic E-state index is 12.2. The standard InChI is InChI=1S/C12H17Cl2N3O3S/c1-3-17(4-2)11(18)7-16-21(19,20)12-9(13)5-8(15)6-10(12)14/h5-6,16H,3-4,7,15H2,1-2H3. The van der Waals surface area contributed by atoms with Gasteiger partial charge in [-0.15, -0.1) is 0 Å². The van der Waals surface area contributed by atoms with Gasteiger partial charge in [0.05, 0.1) is 16.6 Å². The van der Waals surface area contributed by atoms with E-state index in [2.05, 4.69) is 4.72 Å². The summed E-state index contributed by atoms with van der Waals surface area (Å²) in [5.74, 6) is -0.328. The minimum Gasteiger partial charge on any atom is -0.399 e. The van der Waals surface area contributed by atoms with Crippen molar-refractivity contribution in [1.29, 1.82) is 0 Å². The van der Waals surface area contributed by atoms with Crippen LogP contribution in [0.3, 0.4) is 0 Å². The second kappa shape index (κ2) is 7.31. The first-order valence-electron chi connectivity index (χ1n) is 6.24. The predicted octanol–water partition coefficient (Wildman–Crippen LogP) is 1.72. The first-order valence-corrected chi connectivity index (χ1v) is 8.48. The predicted molar refractivity (Wildman–Crippen MR) is 84.0 cm³/mol. The molecule has 21 heavy (non-hydrogen) atoms. The van der Waals surface area contributed by atoms with Crippen molar-refractivity contribution in [3.63, 3.8) is 0 Å². The SMILES string of the molecule is CCN(CC)C(=O)CNS(=O)(=O)c1c(Cl)cc(N)cc1Cl. The number of carbonyl (C=O) groups is 1. The Hall–Kier alpha value is -1.02. The Bertz CT molecular complexity index is 608. The maximum absolute atomic E-state index is 12.2. The maximum Gasteiger partial charge on any atom is 0.244 e. The summed E-state index contributed by atoms with van der Waals surface area (Å²) >= 11 is 11.7. The molecule has 0 unspecified atom stereocenters. The zero-order valence-corrected chi connectivity index (χ0v) is 14.0. The number of benzene rings is 1. The number of sulfonamides is 1. The molecule has 0 atom stereocenters. The van der Waals surface area contributed by atoms with Gasteiger partial charge in [-0.3, -0.25) is 4.79 Å². The van der Waals surface area contributed by atoms with Gasteiger partial charge in [0.15, 0.2) is 0 Å². The Labute approximate surface area is 134 Å². The van der Waals surface area contributed by atoms with Gasteiger partial charge in [0.25, 0.3) is 0 Å². The van der Waals surface area contributed by atoms with Crippen LogP contribution in [0, 0.1) is 0 Å². The summed E-state index contributed by atoms with van der Waals surface area (Å²) in [6, 6.07) is 2.57. The molecule has 3 N–H and O–H groups in total. The number of halogens is 2. The van der Waals surface area contributed by atoms with E-state index in [-0.39, 0.29) is 33.1 Å². The second-order valence-electron chi connectivity index (χ2n) is 4.20. The number of nitrogens with two attached hydrogens (primary N) is 1. The summed E-state index contributed by atoms with van der Waals surface area (Å²) in [5.41, 5.74) is 5.78. The number of nitrogens with one attached hydrogen (secondary N) is 1. The molecule has 1 amide bonds. The number of anilines is 1. The van der Waals surface area contributed by atoms with Gasteiger partial charge in [0, 0.05) is 18.8 Å². The van der Waals surface area contributed by atoms with E-state index in [0.717, 1.165) is 0 Å². The van der Waals surface area contributed by atoms with E-state index in [1.807, 2.05) is 13.8 Å². The molecule has 1 aromatic carbocycles. The van der Waals surface area contributed by atoms with Crippen molar-refractivity contribution in [2.45, 2.75) is 18.7 Å². The largest absolute Gasteiger partial charge is 0.399 e. The minimum absolute atomic E-state index is 0.0946. The highest BCUT2D eigenvalue weighted by Crippen LogP contribution is 2.31. The molecule has 0 aliphatic carbocycles. The van der Waals surface area contributed by atoms with E-state index in [4.69, 9.17) is 28.9 Å². The van der Waals surface area contributed by atoms with Crippen molar-refractivity contribution in [3.05, 3.63) is 22.2 Å². The number of rotatable bonds is 6. The van der Waals surface area contributed by atoms with Crippen molar-refractivity contribution in [1.82, 2.24) is 9.62 Å². The van der Waals surface area contributed by atoms with E-state index in [0.29, 0.717) is 13.1 Å². The fourth-order valence-corrected chi connectivity index (χ4v) is 3.96. The van der Waals surface area contributed by atoms with E-state index < -0.39 is 10.0 Å². The molecule has 0 spiro atoms. The fraction of sp³-hybridized carbons (Fsp3) is 0.417. The molecule has 0 aliphatic rings. The van der Waals surface area contributed by atoms with E-state index in [1.54, 1.807) is 0 Å². The van der Waals surface area contributed by atoms with Gasteiger partial charge in [-0.25, -0.2) is 13.1 Å². The normalized spacial score (nSPS) is 11.4. The lowest BCUT2D eigenvalue weighted by atomic mass is 10.3. The zero-order valence-electron chi connectivity index (χ0n) is 11.7. The average Bonchev–Trinajstić information content (AvgIpc) is 2.36. The molecule has 0 fully saturated rings. The molecule has 0 aliphatic heterocycles. The Morgan fingerprint density at radius 3 is 2.14 bits per heavy atom. The molecule has 6 nitrogen and oxygen atoms in total. The number of likely N-dealkylation sites (N-methyl/N-ethyl adjacent to an activating group) is 1. The quantitative estimate of drug-likeness (QED) is 0.761. The minimum atomic E-state index is -4.00. The highest BCUT2D eigenvalue weighted by molar-refractivity contribution is 7.89. The topological polar surface area (TPSA) is 92.5 Å². The molecule has 1 aromatic rings. The van der Waals surface area contributed by atoms with Crippen LogP contribution in [0.5, 0.6) is 0 Å². The summed E-state index contributed by atoms with van der Waals surface area (Å²) in [6.45, 7) is 4.26. The summed E-state index contributed by atoms with van der Waals surface area (Å²) in [7, 11) is -4.00. The molecular formula is C12H17Cl2N3O3S. The van der Waals surface area contributed by atoms with Crippen LogP contribution >= 0.6 is 23.2 Å². The highest BCUT2D eigenvalue weighted by Gasteiger charge is 2.23. The Morgan fingerprint density at radius 1 is 1.24 bits per heavy atom. The Kier molecular flexibility index (Phi) is 6.27. The Morgan fingerprint density at radius 2 is 1.71 bits per heavy atom. The molecule has 118 valence electrons. The van der Waals surface area contributed by atoms with E-state index >= 15 is 0 Å². The second-order valence-corrected chi connectivity index (χ2v) is 6.72. The molecule has 0 aromatic heterocycles. The van der Waals surface area contributed by atoms with Crippen molar-refractivity contribution >= 4 is 44.8 Å². The third kappa shape index (κ3) is 4.47. The van der Waals surface area contributed by atoms with E-state index in [1.165, 1.54) is 17.0 Å². The number of hydrogen-bond donors (Lipinski definition) is 2. The van der Waals surface area contributed by atoms with Crippen LogP contribution < -0.4 is 10.5 Å². The van der Waals surface area contributed by atoms with Gasteiger partial charge in [-0.05, 0) is 26.0 Å². The van der Waals surface area contributed by atoms with Crippen molar-refractivity contribution in [3.8, 4) is 0 Å². The number of nitrogens with zero attached hydrogens (tertiary/aromatic N) is 1. The first kappa shape index (κ1) is 18.0. The van der Waals surface area contributed by atoms with Gasteiger partial charge >= 0.3 is 0 Å². The van der Waals surface area contributed by atoms with Gasteiger partial charge < -0.3 is 10.6 Å². The third-order valence-corrected chi connectivity index (χ3v) is 5.14. The van der Waals surface area contributed by atoms with Crippen LogP contribution in [0.25, 0.3) is 0 Å². The molecule has 0 heterocycles. The summed E-state index contributed by atoms with van der Waals surface area (Å²) in [4.78, 5) is 13.0. The van der Waals surface area contributed by atoms with Crippen molar-refractivity contribution < 1.29 is 13.2 Å². The fourth-order valence-electron chi connectivity index (χ4n) is 1.75. The van der Waals surface area contributed by atoms with Gasteiger partial charge in [-0.2, -0.15) is 0 Å². The lowest BCUT2D eigenvalue weighted by molar-refractivity contribution is -0.129. The molecule has 0 saturated heterocycles. The highest BCUT2D eigenvalue weighted by atomic mass is 35.5. The molecule has 0 radical (unpaired) electrons. The van der Waals surface area contributed by atoms with Crippen molar-refractivity contribution in [2.75, 3.05) is 25.4 Å². The van der Waals surface area contributed by atoms with Crippen LogP contribution in [0.1, 0.15) is 13.8 Å². The number of hydrogen-bond acceptors (Lipinski definition) is 4. The van der Waals surface area contributed by atoms with Gasteiger partial charge in [-0.1, -0.05) is 23.2 Å². The van der Waals surface area contributed by atoms with Crippen LogP contribution in [0.4, 0.5) is 5.69 Å². The molecule has 9 heteroatoms. The molecule has 1 rings (SSSR count). The van der Waals surface area contributed by atoms with Crippen LogP contribution in [0.15, 0.2) is 17.0 Å². The number of amides is 1. The molecule has 0 saturated carbocycles. The first-order chi connectivity index (χ1) is 9.72. The third-order valence-electron chi connectivity index (χ3n) is 2.82. The zero-order chi connectivity index (χ0) is 16.2. The van der Waals surface area contributed by atoms with Crippen molar-refractivity contribution in [2.24, 2.45) is 0 Å². The number of nitrogen functional groups attached to an aromatic ring is 1. The van der Waals surface area contributed by atoms with Crippen LogP contribution in [-0.2, 0) is 14.8 Å². The smallest absolute Gasteiger partial charge is 0.244 e.